The molecule has 6 aromatic rings. The molecule has 0 bridgehead atoms. The molecule has 1 aliphatic rings. The number of dihydropyridines is 1. The van der Waals surface area contributed by atoms with Gasteiger partial charge >= 0.3 is 0 Å². The van der Waals surface area contributed by atoms with E-state index in [0.29, 0.717) is 0 Å². The van der Waals surface area contributed by atoms with Crippen LogP contribution >= 0.6 is 0 Å². The standard InChI is InChI=1S/C36H26N6/c1-5-17-37-29(9-1)33-21-27(22-34(41-33)30-10-2-6-18-38-30)25-13-15-26(16-14-25)28-23-35(31-11-3-7-19-39-31)42-36(24-28)32-12-4-8-20-40-32/h1-7,9-19,21-24H,8,20H2. The largest absolute Gasteiger partial charge is 0.283 e. The summed E-state index contributed by atoms with van der Waals surface area (Å²) in [6.07, 6.45) is 10.5. The van der Waals surface area contributed by atoms with Crippen LogP contribution in [-0.2, 0) is 0 Å². The third-order valence-corrected chi connectivity index (χ3v) is 7.10. The highest BCUT2D eigenvalue weighted by molar-refractivity contribution is 6.08. The fourth-order valence-electron chi connectivity index (χ4n) is 4.99. The Bertz CT molecular complexity index is 1840. The number of benzene rings is 1. The van der Waals surface area contributed by atoms with E-state index in [-0.39, 0.29) is 0 Å². The normalized spacial score (nSPS) is 12.6. The first-order valence-corrected chi connectivity index (χ1v) is 13.9. The molecule has 0 unspecified atom stereocenters. The Hall–Kier alpha value is -5.62. The molecule has 6 nitrogen and oxygen atoms in total. The number of aliphatic imine (C=N–C) groups is 1. The Morgan fingerprint density at radius 1 is 0.429 bits per heavy atom. The van der Waals surface area contributed by atoms with Gasteiger partial charge in [-0.25, -0.2) is 9.97 Å². The Morgan fingerprint density at radius 3 is 1.29 bits per heavy atom. The van der Waals surface area contributed by atoms with Crippen LogP contribution in [0.3, 0.4) is 0 Å². The second-order valence-corrected chi connectivity index (χ2v) is 9.93. The van der Waals surface area contributed by atoms with Crippen molar-refractivity contribution in [3.63, 3.8) is 0 Å². The lowest BCUT2D eigenvalue weighted by molar-refractivity contribution is 0.991. The Labute approximate surface area is 244 Å². The molecule has 0 amide bonds. The summed E-state index contributed by atoms with van der Waals surface area (Å²) in [6.45, 7) is 0.776. The quantitative estimate of drug-likeness (QED) is 0.215. The van der Waals surface area contributed by atoms with Gasteiger partial charge in [-0.3, -0.25) is 19.9 Å². The minimum absolute atomic E-state index is 0.776. The van der Waals surface area contributed by atoms with Crippen molar-refractivity contribution in [3.05, 3.63) is 140 Å². The Kier molecular flexibility index (Phi) is 6.92. The predicted octanol–water partition coefficient (Wildman–Crippen LogP) is 7.75. The van der Waals surface area contributed by atoms with Crippen molar-refractivity contribution in [1.29, 1.82) is 0 Å². The lowest BCUT2D eigenvalue weighted by atomic mass is 9.97. The molecule has 0 aliphatic carbocycles. The van der Waals surface area contributed by atoms with E-state index in [2.05, 4.69) is 75.6 Å². The summed E-state index contributed by atoms with van der Waals surface area (Å²) in [5.74, 6) is 0. The molecule has 6 heteroatoms. The minimum atomic E-state index is 0.776. The summed E-state index contributed by atoms with van der Waals surface area (Å²) in [4.78, 5) is 28.2. The van der Waals surface area contributed by atoms with Gasteiger partial charge in [0, 0.05) is 25.1 Å². The molecule has 6 heterocycles. The molecule has 200 valence electrons. The molecule has 0 spiro atoms. The van der Waals surface area contributed by atoms with Crippen molar-refractivity contribution in [2.45, 2.75) is 6.42 Å². The first-order chi connectivity index (χ1) is 20.8. The van der Waals surface area contributed by atoms with Gasteiger partial charge in [-0.15, -0.1) is 0 Å². The van der Waals surface area contributed by atoms with Crippen molar-refractivity contribution < 1.29 is 0 Å². The molecule has 7 rings (SSSR count). The molecule has 0 atom stereocenters. The highest BCUT2D eigenvalue weighted by Gasteiger charge is 2.14. The topological polar surface area (TPSA) is 76.8 Å². The average Bonchev–Trinajstić information content (AvgIpc) is 3.09. The number of pyridine rings is 5. The van der Waals surface area contributed by atoms with Gasteiger partial charge in [0.1, 0.15) is 0 Å². The maximum atomic E-state index is 4.93. The fourth-order valence-corrected chi connectivity index (χ4v) is 4.99. The molecule has 0 saturated heterocycles. The summed E-state index contributed by atoms with van der Waals surface area (Å²) in [5, 5.41) is 0. The molecule has 0 saturated carbocycles. The van der Waals surface area contributed by atoms with Gasteiger partial charge in [-0.2, -0.15) is 0 Å². The zero-order chi connectivity index (χ0) is 28.1. The maximum absolute atomic E-state index is 4.93. The van der Waals surface area contributed by atoms with Crippen LogP contribution in [-0.4, -0.2) is 37.2 Å². The first kappa shape index (κ1) is 25.4. The van der Waals surface area contributed by atoms with E-state index < -0.39 is 0 Å². The molecule has 0 N–H and O–H groups in total. The van der Waals surface area contributed by atoms with Crippen LogP contribution < -0.4 is 0 Å². The number of rotatable bonds is 6. The molecular weight excluding hydrogens is 516 g/mol. The van der Waals surface area contributed by atoms with E-state index in [9.17, 15) is 0 Å². The number of hydrogen-bond donors (Lipinski definition) is 0. The SMILES string of the molecule is C1=CC(c2cc(-c3ccc(-c4cc(-c5ccccn5)nc(-c5ccccn5)c4)cc3)cc(-c3ccccn3)n2)=NCC1. The van der Waals surface area contributed by atoms with Gasteiger partial charge in [-0.05, 0) is 95.4 Å². The van der Waals surface area contributed by atoms with Crippen LogP contribution in [0, 0.1) is 0 Å². The number of hydrogen-bond acceptors (Lipinski definition) is 6. The minimum Gasteiger partial charge on any atom is -0.283 e. The van der Waals surface area contributed by atoms with E-state index in [1.165, 1.54) is 0 Å². The van der Waals surface area contributed by atoms with Crippen molar-refractivity contribution in [1.82, 2.24) is 24.9 Å². The number of aromatic nitrogens is 5. The van der Waals surface area contributed by atoms with Crippen LogP contribution in [0.15, 0.2) is 139 Å². The summed E-state index contributed by atoms with van der Waals surface area (Å²) in [7, 11) is 0. The van der Waals surface area contributed by atoms with Crippen LogP contribution in [0.5, 0.6) is 0 Å². The first-order valence-electron chi connectivity index (χ1n) is 13.9. The molecule has 0 radical (unpaired) electrons. The zero-order valence-corrected chi connectivity index (χ0v) is 22.8. The smallest absolute Gasteiger partial charge is 0.0900 e. The maximum Gasteiger partial charge on any atom is 0.0900 e. The highest BCUT2D eigenvalue weighted by Crippen LogP contribution is 2.32. The molecule has 1 aromatic carbocycles. The van der Waals surface area contributed by atoms with Crippen LogP contribution in [0.4, 0.5) is 0 Å². The molecular formula is C36H26N6. The van der Waals surface area contributed by atoms with Crippen molar-refractivity contribution >= 4 is 5.71 Å². The highest BCUT2D eigenvalue weighted by atomic mass is 14.8. The van der Waals surface area contributed by atoms with Gasteiger partial charge in [-0.1, -0.05) is 48.5 Å². The van der Waals surface area contributed by atoms with E-state index in [1.54, 1.807) is 18.6 Å². The number of allylic oxidation sites excluding steroid dienone is 1. The summed E-state index contributed by atoms with van der Waals surface area (Å²) in [6, 6.07) is 34.6. The molecule has 42 heavy (non-hydrogen) atoms. The summed E-state index contributed by atoms with van der Waals surface area (Å²) < 4.78 is 0. The fraction of sp³-hybridized carbons (Fsp3) is 0.0556. The monoisotopic (exact) mass is 542 g/mol. The van der Waals surface area contributed by atoms with E-state index in [0.717, 1.165) is 80.8 Å². The van der Waals surface area contributed by atoms with Gasteiger partial charge in [0.05, 0.1) is 45.6 Å². The van der Waals surface area contributed by atoms with E-state index >= 15 is 0 Å². The number of nitrogens with zero attached hydrogens (tertiary/aromatic N) is 6. The molecule has 0 fully saturated rings. The van der Waals surface area contributed by atoms with Gasteiger partial charge in [0.25, 0.3) is 0 Å². The Morgan fingerprint density at radius 2 is 0.881 bits per heavy atom. The summed E-state index contributed by atoms with van der Waals surface area (Å²) in [5.41, 5.74) is 10.9. The molecule has 1 aliphatic heterocycles. The van der Waals surface area contributed by atoms with Crippen LogP contribution in [0.25, 0.3) is 56.4 Å². The predicted molar refractivity (Wildman–Crippen MR) is 168 cm³/mol. The van der Waals surface area contributed by atoms with E-state index in [4.69, 9.17) is 15.0 Å². The lowest BCUT2D eigenvalue weighted by Crippen LogP contribution is -2.06. The van der Waals surface area contributed by atoms with E-state index in [1.807, 2.05) is 54.6 Å². The third-order valence-electron chi connectivity index (χ3n) is 7.10. The van der Waals surface area contributed by atoms with Gasteiger partial charge < -0.3 is 0 Å². The average molecular weight is 543 g/mol. The molecule has 5 aromatic heterocycles. The van der Waals surface area contributed by atoms with Crippen molar-refractivity contribution in [3.8, 4) is 56.4 Å². The second-order valence-electron chi connectivity index (χ2n) is 9.93. The van der Waals surface area contributed by atoms with Crippen LogP contribution in [0.1, 0.15) is 12.1 Å². The Balaban J connectivity index is 1.30. The second kappa shape index (κ2) is 11.5. The lowest BCUT2D eigenvalue weighted by Gasteiger charge is -2.12. The third kappa shape index (κ3) is 5.38. The van der Waals surface area contributed by atoms with Crippen molar-refractivity contribution in [2.75, 3.05) is 6.54 Å². The van der Waals surface area contributed by atoms with Crippen LogP contribution in [0.2, 0.25) is 0 Å². The summed E-state index contributed by atoms with van der Waals surface area (Å²) >= 11 is 0. The van der Waals surface area contributed by atoms with Gasteiger partial charge in [0.15, 0.2) is 0 Å². The van der Waals surface area contributed by atoms with Crippen molar-refractivity contribution in [2.24, 2.45) is 4.99 Å². The zero-order valence-electron chi connectivity index (χ0n) is 22.8. The van der Waals surface area contributed by atoms with Gasteiger partial charge in [0.2, 0.25) is 0 Å².